The maximum absolute atomic E-state index is 13.5. The van der Waals surface area contributed by atoms with Gasteiger partial charge in [-0.3, -0.25) is 4.39 Å². The van der Waals surface area contributed by atoms with E-state index in [2.05, 4.69) is 4.98 Å². The van der Waals surface area contributed by atoms with Gasteiger partial charge in [-0.25, -0.2) is 4.98 Å². The number of pyridine rings is 1. The van der Waals surface area contributed by atoms with Gasteiger partial charge in [0, 0.05) is 11.1 Å². The predicted molar refractivity (Wildman–Crippen MR) is 113 cm³/mol. The van der Waals surface area contributed by atoms with Gasteiger partial charge >= 0.3 is 6.18 Å². The molecule has 1 aromatic carbocycles. The normalized spacial score (nSPS) is 12.5. The van der Waals surface area contributed by atoms with Crippen LogP contribution in [0.3, 0.4) is 0 Å². The summed E-state index contributed by atoms with van der Waals surface area (Å²) in [6, 6.07) is 9.96. The van der Waals surface area contributed by atoms with Crippen molar-refractivity contribution in [2.24, 2.45) is 0 Å². The van der Waals surface area contributed by atoms with Crippen LogP contribution in [-0.4, -0.2) is 16.8 Å². The number of hydrogen-bond acceptors (Lipinski definition) is 2. The lowest BCUT2D eigenvalue weighted by Crippen LogP contribution is -2.15. The number of unbranched alkanes of at least 4 members (excludes halogenated alkanes) is 5. The van der Waals surface area contributed by atoms with E-state index in [1.807, 2.05) is 19.1 Å². The van der Waals surface area contributed by atoms with Crippen molar-refractivity contribution in [1.82, 2.24) is 4.98 Å². The van der Waals surface area contributed by atoms with E-state index in [1.165, 1.54) is 12.1 Å². The van der Waals surface area contributed by atoms with Gasteiger partial charge in [-0.15, -0.1) is 0 Å². The van der Waals surface area contributed by atoms with Gasteiger partial charge in [-0.2, -0.15) is 26.7 Å². The van der Waals surface area contributed by atoms with Crippen LogP contribution < -0.4 is 0 Å². The first kappa shape index (κ1) is 25.4. The monoisotopic (exact) mass is 431 g/mol. The van der Waals surface area contributed by atoms with Gasteiger partial charge in [0.15, 0.2) is 5.69 Å². The summed E-state index contributed by atoms with van der Waals surface area (Å²) in [6.07, 6.45) is -1.00. The minimum Gasteiger partial charge on any atom is -0.388 e. The van der Waals surface area contributed by atoms with Gasteiger partial charge in [0.1, 0.15) is 0 Å². The van der Waals surface area contributed by atoms with Crippen molar-refractivity contribution >= 4 is 13.5 Å². The molecule has 0 amide bonds. The van der Waals surface area contributed by atoms with Crippen molar-refractivity contribution in [1.29, 1.82) is 0 Å². The Labute approximate surface area is 176 Å². The molecule has 0 aliphatic heterocycles. The average molecular weight is 432 g/mol. The van der Waals surface area contributed by atoms with Crippen LogP contribution in [0.2, 0.25) is 0 Å². The maximum atomic E-state index is 13.5. The summed E-state index contributed by atoms with van der Waals surface area (Å²) in [6.45, 7) is 1.59. The highest BCUT2D eigenvalue weighted by Crippen LogP contribution is 2.36. The van der Waals surface area contributed by atoms with Crippen molar-refractivity contribution in [2.45, 2.75) is 64.1 Å². The lowest BCUT2D eigenvalue weighted by Gasteiger charge is -2.18. The summed E-state index contributed by atoms with van der Waals surface area (Å²) in [5, 5.41) is 10.3. The molecule has 0 unspecified atom stereocenters. The molecular weight excluding hydrogens is 402 g/mol. The van der Waals surface area contributed by atoms with Crippen LogP contribution in [0.5, 0.6) is 0 Å². The van der Waals surface area contributed by atoms with Gasteiger partial charge < -0.3 is 5.11 Å². The molecule has 0 radical (unpaired) electrons. The highest BCUT2D eigenvalue weighted by Gasteiger charge is 2.37. The summed E-state index contributed by atoms with van der Waals surface area (Å²) in [5.41, 5.74) is 0.639. The van der Waals surface area contributed by atoms with E-state index in [0.29, 0.717) is 18.4 Å². The van der Waals surface area contributed by atoms with Crippen LogP contribution in [0.15, 0.2) is 36.4 Å². The number of halogens is 4. The van der Waals surface area contributed by atoms with Crippen molar-refractivity contribution in [3.05, 3.63) is 53.2 Å². The summed E-state index contributed by atoms with van der Waals surface area (Å²) in [5.74, 6) is 0. The second-order valence-electron chi connectivity index (χ2n) is 7.11. The van der Waals surface area contributed by atoms with Crippen LogP contribution >= 0.6 is 13.5 Å². The zero-order valence-electron chi connectivity index (χ0n) is 16.6. The van der Waals surface area contributed by atoms with Crippen LogP contribution in [0, 0.1) is 6.92 Å². The van der Waals surface area contributed by atoms with Gasteiger partial charge in [0.25, 0.3) is 0 Å². The Morgan fingerprint density at radius 3 is 2.07 bits per heavy atom. The third-order valence-electron chi connectivity index (χ3n) is 4.76. The molecule has 162 valence electrons. The second-order valence-corrected chi connectivity index (χ2v) is 7.11. The molecule has 0 fully saturated rings. The van der Waals surface area contributed by atoms with Crippen molar-refractivity contribution in [3.63, 3.8) is 0 Å². The molecule has 2 nitrogen and oxygen atoms in total. The molecule has 1 atom stereocenters. The Balaban J connectivity index is 0.00000420. The fourth-order valence-electron chi connectivity index (χ4n) is 3.15. The topological polar surface area (TPSA) is 33.1 Å². The van der Waals surface area contributed by atoms with E-state index < -0.39 is 18.0 Å². The van der Waals surface area contributed by atoms with Crippen LogP contribution in [-0.2, 0) is 6.18 Å². The van der Waals surface area contributed by atoms with Crippen LogP contribution in [0.1, 0.15) is 67.9 Å². The van der Waals surface area contributed by atoms with E-state index in [-0.39, 0.29) is 37.8 Å². The molecule has 2 aromatic rings. The first-order valence-electron chi connectivity index (χ1n) is 9.72. The average Bonchev–Trinajstić information content (AvgIpc) is 2.66. The third kappa shape index (κ3) is 7.97. The number of hydrogen-bond donors (Lipinski definition) is 1. The van der Waals surface area contributed by atoms with Crippen LogP contribution in [0.4, 0.5) is 17.6 Å². The van der Waals surface area contributed by atoms with E-state index in [1.54, 1.807) is 12.1 Å². The Morgan fingerprint density at radius 1 is 0.897 bits per heavy atom. The minimum absolute atomic E-state index is 0. The molecular formula is C22H29F4NOS. The molecule has 1 aromatic heterocycles. The standard InChI is InChI=1S/C22H27F4NO.H2S/c1-16-9-11-17(12-10-16)19-14-13-18(21(27-19)22(24,25)26)20(28)8-6-4-2-3-5-7-15-23;/h9-14,20,28H,2-8,15H2,1H3;1H2/t20-;/m1./s1. The summed E-state index contributed by atoms with van der Waals surface area (Å²) in [4.78, 5) is 3.82. The zero-order chi connectivity index (χ0) is 20.6. The van der Waals surface area contributed by atoms with E-state index in [4.69, 9.17) is 0 Å². The largest absolute Gasteiger partial charge is 0.433 e. The minimum atomic E-state index is -4.64. The Hall–Kier alpha value is -1.60. The van der Waals surface area contributed by atoms with Crippen molar-refractivity contribution < 1.29 is 22.7 Å². The number of aryl methyl sites for hydroxylation is 1. The Morgan fingerprint density at radius 2 is 1.48 bits per heavy atom. The second kappa shape index (κ2) is 12.2. The zero-order valence-corrected chi connectivity index (χ0v) is 17.6. The van der Waals surface area contributed by atoms with E-state index in [9.17, 15) is 22.7 Å². The number of alkyl halides is 4. The SMILES string of the molecule is Cc1ccc(-c2ccc([C@H](O)CCCCCCCCF)c(C(F)(F)F)n2)cc1.S. The first-order valence-corrected chi connectivity index (χ1v) is 9.72. The summed E-state index contributed by atoms with van der Waals surface area (Å²) in [7, 11) is 0. The van der Waals surface area contributed by atoms with E-state index >= 15 is 0 Å². The molecule has 7 heteroatoms. The molecule has 0 saturated carbocycles. The van der Waals surface area contributed by atoms with Gasteiger partial charge in [-0.05, 0) is 25.8 Å². The highest BCUT2D eigenvalue weighted by molar-refractivity contribution is 7.59. The fraction of sp³-hybridized carbons (Fsp3) is 0.500. The lowest BCUT2D eigenvalue weighted by atomic mass is 9.99. The number of benzene rings is 1. The molecule has 1 N–H and O–H groups in total. The van der Waals surface area contributed by atoms with Gasteiger partial charge in [0.2, 0.25) is 0 Å². The van der Waals surface area contributed by atoms with Gasteiger partial charge in [0.05, 0.1) is 18.5 Å². The molecule has 0 saturated heterocycles. The van der Waals surface area contributed by atoms with Crippen molar-refractivity contribution in [3.8, 4) is 11.3 Å². The van der Waals surface area contributed by atoms with Gasteiger partial charge in [-0.1, -0.05) is 68.0 Å². The smallest absolute Gasteiger partial charge is 0.388 e. The number of aliphatic hydroxyl groups is 1. The molecule has 0 aliphatic carbocycles. The highest BCUT2D eigenvalue weighted by atomic mass is 32.1. The maximum Gasteiger partial charge on any atom is 0.433 e. The fourth-order valence-corrected chi connectivity index (χ4v) is 3.15. The predicted octanol–water partition coefficient (Wildman–Crippen LogP) is 6.92. The molecule has 0 spiro atoms. The molecule has 29 heavy (non-hydrogen) atoms. The first-order chi connectivity index (χ1) is 13.3. The number of aromatic nitrogens is 1. The summed E-state index contributed by atoms with van der Waals surface area (Å²) < 4.78 is 52.6. The molecule has 0 aliphatic rings. The van der Waals surface area contributed by atoms with Crippen LogP contribution in [0.25, 0.3) is 11.3 Å². The van der Waals surface area contributed by atoms with Crippen molar-refractivity contribution in [2.75, 3.05) is 6.67 Å². The third-order valence-corrected chi connectivity index (χ3v) is 4.76. The molecule has 0 bridgehead atoms. The quantitative estimate of drug-likeness (QED) is 0.327. The molecule has 2 rings (SSSR count). The number of nitrogens with zero attached hydrogens (tertiary/aromatic N) is 1. The number of rotatable bonds is 10. The number of aliphatic hydroxyl groups excluding tert-OH is 1. The molecule has 1 heterocycles. The lowest BCUT2D eigenvalue weighted by molar-refractivity contribution is -0.142. The Bertz CT molecular complexity index is 735. The summed E-state index contributed by atoms with van der Waals surface area (Å²) >= 11 is 0. The van der Waals surface area contributed by atoms with E-state index in [0.717, 1.165) is 31.2 Å². The Kier molecular flexibility index (Phi) is 10.7.